The molecule has 110 valence electrons. The lowest BCUT2D eigenvalue weighted by atomic mass is 9.80. The maximum absolute atomic E-state index is 10.5. The van der Waals surface area contributed by atoms with Gasteiger partial charge in [-0.25, -0.2) is 0 Å². The Balaban J connectivity index is 1.77. The lowest BCUT2D eigenvalue weighted by molar-refractivity contribution is 0.184. The van der Waals surface area contributed by atoms with Crippen molar-refractivity contribution in [1.29, 1.82) is 0 Å². The summed E-state index contributed by atoms with van der Waals surface area (Å²) in [5.41, 5.74) is 4.36. The average Bonchev–Trinajstić information content (AvgIpc) is 2.46. The molecule has 1 unspecified atom stereocenters. The minimum atomic E-state index is -0.572. The zero-order valence-electron chi connectivity index (χ0n) is 12.5. The van der Waals surface area contributed by atoms with Crippen molar-refractivity contribution >= 4 is 0 Å². The highest BCUT2D eigenvalue weighted by molar-refractivity contribution is 5.35. The summed E-state index contributed by atoms with van der Waals surface area (Å²) in [7, 11) is 1.68. The summed E-state index contributed by atoms with van der Waals surface area (Å²) in [6, 6.07) is 16.4. The molecule has 0 aliphatic heterocycles. The van der Waals surface area contributed by atoms with Gasteiger partial charge in [0.25, 0.3) is 0 Å². The molecule has 2 nitrogen and oxygen atoms in total. The van der Waals surface area contributed by atoms with E-state index in [1.165, 1.54) is 24.8 Å². The van der Waals surface area contributed by atoms with E-state index in [4.69, 9.17) is 4.74 Å². The molecule has 2 aromatic rings. The molecule has 1 N–H and O–H groups in total. The van der Waals surface area contributed by atoms with Gasteiger partial charge in [0, 0.05) is 7.11 Å². The lowest BCUT2D eigenvalue weighted by Gasteiger charge is -2.26. The third-order valence-corrected chi connectivity index (χ3v) is 4.41. The van der Waals surface area contributed by atoms with Crippen molar-refractivity contribution < 1.29 is 9.84 Å². The molecule has 0 bridgehead atoms. The summed E-state index contributed by atoms with van der Waals surface area (Å²) in [4.78, 5) is 0. The topological polar surface area (TPSA) is 29.5 Å². The van der Waals surface area contributed by atoms with Crippen LogP contribution in [0.25, 0.3) is 0 Å². The Hall–Kier alpha value is -1.64. The maximum Gasteiger partial charge on any atom is 0.104 e. The standard InChI is InChI=1S/C19H22O2/c1-21-13-14-4-2-7-18(12-14)19(20)17-10-8-16(9-11-17)15-5-3-6-15/h2,4,7-12,15,19-20H,3,5-6,13H2,1H3. The SMILES string of the molecule is COCc1cccc(C(O)c2ccc(C3CCC3)cc2)c1. The summed E-state index contributed by atoms with van der Waals surface area (Å²) in [6.45, 7) is 0.571. The highest BCUT2D eigenvalue weighted by atomic mass is 16.5. The molecular formula is C19H22O2. The van der Waals surface area contributed by atoms with E-state index in [1.54, 1.807) is 7.11 Å². The number of benzene rings is 2. The molecule has 21 heavy (non-hydrogen) atoms. The zero-order chi connectivity index (χ0) is 14.7. The number of aliphatic hydroxyl groups is 1. The number of hydrogen-bond acceptors (Lipinski definition) is 2. The van der Waals surface area contributed by atoms with Crippen LogP contribution >= 0.6 is 0 Å². The first-order chi connectivity index (χ1) is 10.3. The molecule has 0 saturated heterocycles. The highest BCUT2D eigenvalue weighted by Gasteiger charge is 2.19. The van der Waals surface area contributed by atoms with Gasteiger partial charge in [-0.05, 0) is 41.0 Å². The van der Waals surface area contributed by atoms with Crippen molar-refractivity contribution in [2.45, 2.75) is 37.9 Å². The van der Waals surface area contributed by atoms with E-state index >= 15 is 0 Å². The van der Waals surface area contributed by atoms with E-state index in [9.17, 15) is 5.11 Å². The largest absolute Gasteiger partial charge is 0.384 e. The summed E-state index contributed by atoms with van der Waals surface area (Å²) >= 11 is 0. The molecule has 0 spiro atoms. The van der Waals surface area contributed by atoms with Gasteiger partial charge in [0.05, 0.1) is 6.61 Å². The van der Waals surface area contributed by atoms with Crippen molar-refractivity contribution in [2.24, 2.45) is 0 Å². The molecule has 1 fully saturated rings. The Kier molecular flexibility index (Phi) is 4.37. The van der Waals surface area contributed by atoms with Crippen molar-refractivity contribution in [1.82, 2.24) is 0 Å². The Bertz CT molecular complexity index is 585. The van der Waals surface area contributed by atoms with Gasteiger partial charge in [0.2, 0.25) is 0 Å². The van der Waals surface area contributed by atoms with Crippen LogP contribution in [-0.4, -0.2) is 12.2 Å². The van der Waals surface area contributed by atoms with Crippen LogP contribution in [-0.2, 0) is 11.3 Å². The summed E-state index contributed by atoms with van der Waals surface area (Å²) in [5.74, 6) is 0.737. The number of ether oxygens (including phenoxy) is 1. The molecule has 1 atom stereocenters. The first kappa shape index (κ1) is 14.3. The summed E-state index contributed by atoms with van der Waals surface area (Å²) in [5, 5.41) is 10.5. The quantitative estimate of drug-likeness (QED) is 0.891. The van der Waals surface area contributed by atoms with Gasteiger partial charge in [0.1, 0.15) is 6.10 Å². The van der Waals surface area contributed by atoms with Gasteiger partial charge in [-0.15, -0.1) is 0 Å². The smallest absolute Gasteiger partial charge is 0.104 e. The molecular weight excluding hydrogens is 260 g/mol. The minimum Gasteiger partial charge on any atom is -0.384 e. The van der Waals surface area contributed by atoms with Gasteiger partial charge < -0.3 is 9.84 Å². The van der Waals surface area contributed by atoms with Gasteiger partial charge >= 0.3 is 0 Å². The third kappa shape index (κ3) is 3.17. The predicted octanol–water partition coefficient (Wildman–Crippen LogP) is 4.18. The van der Waals surface area contributed by atoms with Crippen molar-refractivity contribution in [3.8, 4) is 0 Å². The fourth-order valence-electron chi connectivity index (χ4n) is 2.90. The van der Waals surface area contributed by atoms with Crippen molar-refractivity contribution in [3.63, 3.8) is 0 Å². The first-order valence-corrected chi connectivity index (χ1v) is 7.63. The Labute approximate surface area is 126 Å². The summed E-state index contributed by atoms with van der Waals surface area (Å²) in [6.07, 6.45) is 3.39. The fraction of sp³-hybridized carbons (Fsp3) is 0.368. The second-order valence-electron chi connectivity index (χ2n) is 5.88. The third-order valence-electron chi connectivity index (χ3n) is 4.41. The van der Waals surface area contributed by atoms with E-state index < -0.39 is 6.10 Å². The highest BCUT2D eigenvalue weighted by Crippen LogP contribution is 2.36. The molecule has 0 amide bonds. The number of aliphatic hydroxyl groups excluding tert-OH is 1. The maximum atomic E-state index is 10.5. The molecule has 3 rings (SSSR count). The minimum absolute atomic E-state index is 0.571. The predicted molar refractivity (Wildman–Crippen MR) is 84.3 cm³/mol. The van der Waals surface area contributed by atoms with E-state index in [1.807, 2.05) is 24.3 Å². The van der Waals surface area contributed by atoms with E-state index in [0.717, 1.165) is 22.6 Å². The lowest BCUT2D eigenvalue weighted by Crippen LogP contribution is -2.09. The Morgan fingerprint density at radius 2 is 1.86 bits per heavy atom. The second kappa shape index (κ2) is 6.42. The van der Waals surface area contributed by atoms with Crippen LogP contribution in [0.1, 0.15) is 53.5 Å². The Morgan fingerprint density at radius 3 is 2.48 bits per heavy atom. The van der Waals surface area contributed by atoms with Crippen LogP contribution in [0.15, 0.2) is 48.5 Å². The molecule has 1 aliphatic rings. The molecule has 2 aromatic carbocycles. The van der Waals surface area contributed by atoms with E-state index in [-0.39, 0.29) is 0 Å². The number of hydrogen-bond donors (Lipinski definition) is 1. The average molecular weight is 282 g/mol. The van der Waals surface area contributed by atoms with Crippen LogP contribution < -0.4 is 0 Å². The first-order valence-electron chi connectivity index (χ1n) is 7.63. The summed E-state index contributed by atoms with van der Waals surface area (Å²) < 4.78 is 5.15. The van der Waals surface area contributed by atoms with Crippen LogP contribution in [0.5, 0.6) is 0 Å². The fourth-order valence-corrected chi connectivity index (χ4v) is 2.90. The molecule has 0 heterocycles. The Morgan fingerprint density at radius 1 is 1.10 bits per heavy atom. The zero-order valence-corrected chi connectivity index (χ0v) is 12.5. The number of methoxy groups -OCH3 is 1. The van der Waals surface area contributed by atoms with Gasteiger partial charge in [-0.2, -0.15) is 0 Å². The van der Waals surface area contributed by atoms with Crippen molar-refractivity contribution in [2.75, 3.05) is 7.11 Å². The second-order valence-corrected chi connectivity index (χ2v) is 5.88. The molecule has 2 heteroatoms. The van der Waals surface area contributed by atoms with E-state index in [0.29, 0.717) is 6.61 Å². The van der Waals surface area contributed by atoms with Gasteiger partial charge in [-0.1, -0.05) is 55.0 Å². The van der Waals surface area contributed by atoms with Gasteiger partial charge in [-0.3, -0.25) is 0 Å². The molecule has 0 aromatic heterocycles. The van der Waals surface area contributed by atoms with Gasteiger partial charge in [0.15, 0.2) is 0 Å². The molecule has 1 saturated carbocycles. The van der Waals surface area contributed by atoms with Crippen LogP contribution in [0, 0.1) is 0 Å². The van der Waals surface area contributed by atoms with Crippen LogP contribution in [0.4, 0.5) is 0 Å². The normalized spacial score (nSPS) is 16.5. The van der Waals surface area contributed by atoms with Crippen molar-refractivity contribution in [3.05, 3.63) is 70.8 Å². The molecule has 1 aliphatic carbocycles. The number of rotatable bonds is 5. The van der Waals surface area contributed by atoms with E-state index in [2.05, 4.69) is 24.3 Å². The molecule has 0 radical (unpaired) electrons. The monoisotopic (exact) mass is 282 g/mol. The van der Waals surface area contributed by atoms with Crippen LogP contribution in [0.3, 0.4) is 0 Å². The van der Waals surface area contributed by atoms with Crippen LogP contribution in [0.2, 0.25) is 0 Å².